The maximum absolute atomic E-state index is 12.2. The molecule has 0 radical (unpaired) electrons. The average Bonchev–Trinajstić information content (AvgIpc) is 3.09. The van der Waals surface area contributed by atoms with Crippen molar-refractivity contribution in [2.45, 2.75) is 225 Å². The second-order valence-electron chi connectivity index (χ2n) is 14.1. The summed E-state index contributed by atoms with van der Waals surface area (Å²) in [5.41, 5.74) is 0. The van der Waals surface area contributed by atoms with Gasteiger partial charge < -0.3 is 14.6 Å². The summed E-state index contributed by atoms with van der Waals surface area (Å²) in [6, 6.07) is 0. The van der Waals surface area contributed by atoms with Gasteiger partial charge in [0, 0.05) is 12.8 Å². The predicted molar refractivity (Wildman–Crippen MR) is 205 cm³/mol. The highest BCUT2D eigenvalue weighted by molar-refractivity contribution is 5.70. The molecule has 282 valence electrons. The number of ether oxygens (including phenoxy) is 2. The molecule has 0 aliphatic carbocycles. The Bertz CT molecular complexity index is 731. The van der Waals surface area contributed by atoms with Gasteiger partial charge in [0.1, 0.15) is 6.61 Å². The molecular weight excluding hydrogens is 596 g/mol. The van der Waals surface area contributed by atoms with Gasteiger partial charge in [-0.15, -0.1) is 0 Å². The summed E-state index contributed by atoms with van der Waals surface area (Å²) in [4.78, 5) is 24.3. The molecule has 5 nitrogen and oxygen atoms in total. The van der Waals surface area contributed by atoms with Gasteiger partial charge >= 0.3 is 11.9 Å². The van der Waals surface area contributed by atoms with E-state index in [0.29, 0.717) is 12.8 Å². The molecule has 0 saturated heterocycles. The highest BCUT2D eigenvalue weighted by Crippen LogP contribution is 2.15. The molecule has 0 aliphatic rings. The van der Waals surface area contributed by atoms with E-state index in [4.69, 9.17) is 9.47 Å². The molecule has 1 unspecified atom stereocenters. The van der Waals surface area contributed by atoms with Crippen LogP contribution in [0.4, 0.5) is 0 Å². The van der Waals surface area contributed by atoms with Crippen LogP contribution < -0.4 is 0 Å². The number of rotatable bonds is 38. The van der Waals surface area contributed by atoms with Crippen LogP contribution in [0.3, 0.4) is 0 Å². The maximum Gasteiger partial charge on any atom is 0.306 e. The van der Waals surface area contributed by atoms with E-state index in [1.165, 1.54) is 141 Å². The first-order valence-corrected chi connectivity index (χ1v) is 20.9. The fourth-order valence-electron chi connectivity index (χ4n) is 6.06. The van der Waals surface area contributed by atoms with E-state index >= 15 is 0 Å². The molecule has 0 aromatic carbocycles. The van der Waals surface area contributed by atoms with E-state index in [0.717, 1.165) is 51.4 Å². The van der Waals surface area contributed by atoms with Crippen molar-refractivity contribution in [3.63, 3.8) is 0 Å². The van der Waals surface area contributed by atoms with Crippen LogP contribution in [0, 0.1) is 0 Å². The molecule has 0 bridgehead atoms. The molecule has 0 heterocycles. The Labute approximate surface area is 298 Å². The van der Waals surface area contributed by atoms with Gasteiger partial charge in [0.05, 0.1) is 6.61 Å². The van der Waals surface area contributed by atoms with Gasteiger partial charge in [-0.05, 0) is 44.9 Å². The summed E-state index contributed by atoms with van der Waals surface area (Å²) >= 11 is 0. The highest BCUT2D eigenvalue weighted by atomic mass is 16.6. The van der Waals surface area contributed by atoms with Crippen LogP contribution in [0.2, 0.25) is 0 Å². The van der Waals surface area contributed by atoms with Crippen molar-refractivity contribution in [1.29, 1.82) is 0 Å². The number of aliphatic hydroxyl groups is 1. The summed E-state index contributed by atoms with van der Waals surface area (Å²) in [6.45, 7) is 4.12. The van der Waals surface area contributed by atoms with Crippen LogP contribution in [0.25, 0.3) is 0 Å². The first kappa shape index (κ1) is 46.4. The van der Waals surface area contributed by atoms with Gasteiger partial charge in [0.2, 0.25) is 0 Å². The molecule has 0 saturated carbocycles. The lowest BCUT2D eigenvalue weighted by molar-refractivity contribution is -0.161. The Morgan fingerprint density at radius 2 is 0.833 bits per heavy atom. The van der Waals surface area contributed by atoms with Crippen LogP contribution in [0.15, 0.2) is 24.3 Å². The smallest absolute Gasteiger partial charge is 0.306 e. The van der Waals surface area contributed by atoms with Crippen LogP contribution >= 0.6 is 0 Å². The minimum atomic E-state index is -0.770. The quantitative estimate of drug-likeness (QED) is 0.0400. The van der Waals surface area contributed by atoms with Crippen molar-refractivity contribution in [3.05, 3.63) is 24.3 Å². The van der Waals surface area contributed by atoms with E-state index in [2.05, 4.69) is 38.2 Å². The van der Waals surface area contributed by atoms with Crippen LogP contribution in [-0.4, -0.2) is 36.4 Å². The third-order valence-electron chi connectivity index (χ3n) is 9.25. The zero-order valence-corrected chi connectivity index (χ0v) is 32.0. The minimum Gasteiger partial charge on any atom is -0.462 e. The van der Waals surface area contributed by atoms with Crippen LogP contribution in [0.1, 0.15) is 219 Å². The zero-order chi connectivity index (χ0) is 35.0. The van der Waals surface area contributed by atoms with Crippen molar-refractivity contribution in [2.75, 3.05) is 13.2 Å². The average molecular weight is 677 g/mol. The van der Waals surface area contributed by atoms with Gasteiger partial charge in [-0.3, -0.25) is 9.59 Å². The number of carbonyl (C=O) groups excluding carboxylic acids is 2. The topological polar surface area (TPSA) is 72.8 Å². The highest BCUT2D eigenvalue weighted by Gasteiger charge is 2.16. The zero-order valence-electron chi connectivity index (χ0n) is 32.0. The van der Waals surface area contributed by atoms with Gasteiger partial charge in [-0.1, -0.05) is 186 Å². The number of esters is 2. The van der Waals surface area contributed by atoms with Crippen molar-refractivity contribution >= 4 is 11.9 Å². The molecule has 0 aromatic rings. The van der Waals surface area contributed by atoms with Gasteiger partial charge in [0.15, 0.2) is 6.10 Å². The standard InChI is InChI=1S/C43H80O5/c1-3-5-7-9-11-13-15-17-19-21-23-25-27-29-31-33-35-37-42(45)47-40-41(39-44)48-43(46)38-36-34-32-30-28-26-24-22-20-18-16-14-12-10-8-6-4-2/h12,14,18,20,41,44H,3-11,13,15-17,19,21-40H2,1-2H3. The van der Waals surface area contributed by atoms with Crippen molar-refractivity contribution in [1.82, 2.24) is 0 Å². The van der Waals surface area contributed by atoms with E-state index in [1.54, 1.807) is 0 Å². The second kappa shape index (κ2) is 39.8. The van der Waals surface area contributed by atoms with Crippen molar-refractivity contribution in [2.24, 2.45) is 0 Å². The van der Waals surface area contributed by atoms with Crippen molar-refractivity contribution in [3.8, 4) is 0 Å². The largest absolute Gasteiger partial charge is 0.462 e. The fourth-order valence-corrected chi connectivity index (χ4v) is 6.06. The Hall–Kier alpha value is -1.62. The van der Waals surface area contributed by atoms with Crippen LogP contribution in [0.5, 0.6) is 0 Å². The Morgan fingerprint density at radius 1 is 0.479 bits per heavy atom. The monoisotopic (exact) mass is 677 g/mol. The lowest BCUT2D eigenvalue weighted by Crippen LogP contribution is -2.28. The molecule has 48 heavy (non-hydrogen) atoms. The fraction of sp³-hybridized carbons (Fsp3) is 0.860. The summed E-state index contributed by atoms with van der Waals surface area (Å²) in [5, 5.41) is 9.56. The van der Waals surface area contributed by atoms with E-state index < -0.39 is 6.10 Å². The molecule has 1 atom stereocenters. The summed E-state index contributed by atoms with van der Waals surface area (Å²) in [7, 11) is 0. The normalized spacial score (nSPS) is 12.3. The first-order chi connectivity index (χ1) is 23.6. The third-order valence-corrected chi connectivity index (χ3v) is 9.25. The number of allylic oxidation sites excluding steroid dienone is 4. The van der Waals surface area contributed by atoms with Gasteiger partial charge in [0.25, 0.3) is 0 Å². The number of hydrogen-bond acceptors (Lipinski definition) is 5. The van der Waals surface area contributed by atoms with E-state index in [1.807, 2.05) is 0 Å². The molecular formula is C43H80O5. The number of carbonyl (C=O) groups is 2. The minimum absolute atomic E-state index is 0.0645. The molecule has 0 rings (SSSR count). The maximum atomic E-state index is 12.2. The molecule has 0 spiro atoms. The summed E-state index contributed by atoms with van der Waals surface area (Å²) < 4.78 is 10.6. The van der Waals surface area contributed by atoms with Crippen molar-refractivity contribution < 1.29 is 24.2 Å². The van der Waals surface area contributed by atoms with Crippen LogP contribution in [-0.2, 0) is 19.1 Å². The summed E-state index contributed by atoms with van der Waals surface area (Å²) in [5.74, 6) is -0.590. The van der Waals surface area contributed by atoms with E-state index in [9.17, 15) is 14.7 Å². The number of unbranched alkanes of at least 4 members (excludes halogenated alkanes) is 26. The molecule has 1 N–H and O–H groups in total. The Kier molecular flexibility index (Phi) is 38.5. The lowest BCUT2D eigenvalue weighted by Gasteiger charge is -2.15. The third kappa shape index (κ3) is 37.2. The van der Waals surface area contributed by atoms with E-state index in [-0.39, 0.29) is 25.2 Å². The van der Waals surface area contributed by atoms with Gasteiger partial charge in [-0.25, -0.2) is 0 Å². The predicted octanol–water partition coefficient (Wildman–Crippen LogP) is 13.1. The molecule has 0 fully saturated rings. The summed E-state index contributed by atoms with van der Waals surface area (Å²) in [6.07, 6.45) is 46.7. The Balaban J connectivity index is 3.52. The molecule has 5 heteroatoms. The SMILES string of the molecule is CCCCCC=CCC=CCCCCCCCCCC(=O)OC(CO)COC(=O)CCCCCCCCCCCCCCCCCCC. The first-order valence-electron chi connectivity index (χ1n) is 20.9. The number of aliphatic hydroxyl groups excluding tert-OH is 1. The molecule has 0 amide bonds. The molecule has 0 aliphatic heterocycles. The Morgan fingerprint density at radius 3 is 1.27 bits per heavy atom. The molecule has 0 aromatic heterocycles. The number of hydrogen-bond donors (Lipinski definition) is 1. The lowest BCUT2D eigenvalue weighted by atomic mass is 10.0. The van der Waals surface area contributed by atoms with Gasteiger partial charge in [-0.2, -0.15) is 0 Å². The second-order valence-corrected chi connectivity index (χ2v) is 14.1.